The van der Waals surface area contributed by atoms with Gasteiger partial charge in [0.05, 0.1) is 6.61 Å². The van der Waals surface area contributed by atoms with Gasteiger partial charge in [-0.3, -0.25) is 18.6 Å². The van der Waals surface area contributed by atoms with E-state index in [4.69, 9.17) is 18.5 Å². The molecule has 324 valence electrons. The summed E-state index contributed by atoms with van der Waals surface area (Å²) in [5.74, 6) is -1.11. The highest BCUT2D eigenvalue weighted by Crippen LogP contribution is 2.47. The second kappa shape index (κ2) is 32.5. The van der Waals surface area contributed by atoms with E-state index in [9.17, 15) is 44.6 Å². The molecule has 14 heteroatoms. The number of carbonyl (C=O) groups is 2. The number of phosphoric ester groups is 1. The monoisotopic (exact) mass is 809 g/mol. The smallest absolute Gasteiger partial charge is 0.462 e. The van der Waals surface area contributed by atoms with E-state index in [1.807, 2.05) is 0 Å². The van der Waals surface area contributed by atoms with E-state index in [2.05, 4.69) is 26.0 Å². The predicted molar refractivity (Wildman–Crippen MR) is 212 cm³/mol. The maximum atomic E-state index is 12.7. The quantitative estimate of drug-likeness (QED) is 0.0159. The van der Waals surface area contributed by atoms with Crippen LogP contribution in [0.5, 0.6) is 0 Å². The Morgan fingerprint density at radius 2 is 0.927 bits per heavy atom. The van der Waals surface area contributed by atoms with Crippen LogP contribution < -0.4 is 0 Å². The van der Waals surface area contributed by atoms with Crippen LogP contribution >= 0.6 is 7.82 Å². The highest BCUT2D eigenvalue weighted by atomic mass is 31.2. The molecule has 13 nitrogen and oxygen atoms in total. The molecular formula is C41H77O13P. The Kier molecular flexibility index (Phi) is 30.5. The van der Waals surface area contributed by atoms with Gasteiger partial charge < -0.3 is 39.9 Å². The van der Waals surface area contributed by atoms with Gasteiger partial charge in [-0.05, 0) is 38.5 Å². The van der Waals surface area contributed by atoms with Crippen molar-refractivity contribution in [1.82, 2.24) is 0 Å². The summed E-state index contributed by atoms with van der Waals surface area (Å²) >= 11 is 0. The SMILES string of the molecule is CCCCCCCCCC/C=C\CCCCCCCCCCCC(=O)OC(COC(=O)CCCCCCC)COP(=O)(O)OC1C(O)C(O)C(O)C(O)C1O. The molecule has 1 saturated carbocycles. The van der Waals surface area contributed by atoms with Gasteiger partial charge in [-0.15, -0.1) is 0 Å². The largest absolute Gasteiger partial charge is 0.472 e. The predicted octanol–water partition coefficient (Wildman–Crippen LogP) is 7.50. The minimum absolute atomic E-state index is 0.0975. The zero-order valence-corrected chi connectivity index (χ0v) is 34.9. The van der Waals surface area contributed by atoms with Crippen LogP contribution in [0.1, 0.15) is 181 Å². The number of aliphatic hydroxyl groups is 5. The Morgan fingerprint density at radius 1 is 0.545 bits per heavy atom. The topological polar surface area (TPSA) is 210 Å². The van der Waals surface area contributed by atoms with Crippen molar-refractivity contribution in [3.8, 4) is 0 Å². The molecule has 1 rings (SSSR count). The molecule has 0 bridgehead atoms. The van der Waals surface area contributed by atoms with Crippen LogP contribution in [0.25, 0.3) is 0 Å². The lowest BCUT2D eigenvalue weighted by Crippen LogP contribution is -2.64. The normalized spacial score (nSPS) is 23.1. The summed E-state index contributed by atoms with van der Waals surface area (Å²) in [6.07, 6.45) is 19.2. The average Bonchev–Trinajstić information content (AvgIpc) is 3.16. The molecule has 0 amide bonds. The van der Waals surface area contributed by atoms with Crippen LogP contribution in [0.15, 0.2) is 12.2 Å². The Morgan fingerprint density at radius 3 is 1.38 bits per heavy atom. The first-order valence-corrected chi connectivity index (χ1v) is 23.0. The number of ether oxygens (including phenoxy) is 2. The zero-order valence-electron chi connectivity index (χ0n) is 34.0. The molecule has 0 aliphatic heterocycles. The number of phosphoric acid groups is 1. The van der Waals surface area contributed by atoms with Crippen molar-refractivity contribution >= 4 is 19.8 Å². The molecule has 0 radical (unpaired) electrons. The van der Waals surface area contributed by atoms with Gasteiger partial charge in [0.2, 0.25) is 0 Å². The third-order valence-corrected chi connectivity index (χ3v) is 11.1. The van der Waals surface area contributed by atoms with Gasteiger partial charge in [0.15, 0.2) is 6.10 Å². The lowest BCUT2D eigenvalue weighted by Gasteiger charge is -2.41. The van der Waals surface area contributed by atoms with Crippen molar-refractivity contribution in [2.45, 2.75) is 224 Å². The fourth-order valence-electron chi connectivity index (χ4n) is 6.58. The van der Waals surface area contributed by atoms with Crippen LogP contribution in [0.4, 0.5) is 0 Å². The Bertz CT molecular complexity index is 1030. The second-order valence-corrected chi connectivity index (χ2v) is 16.6. The van der Waals surface area contributed by atoms with Gasteiger partial charge in [0, 0.05) is 12.8 Å². The van der Waals surface area contributed by atoms with E-state index in [0.717, 1.165) is 57.8 Å². The van der Waals surface area contributed by atoms with Crippen LogP contribution in [0.3, 0.4) is 0 Å². The highest BCUT2D eigenvalue weighted by Gasteiger charge is 2.51. The molecule has 0 aromatic rings. The Hall–Kier alpha value is -1.41. The van der Waals surface area contributed by atoms with Crippen LogP contribution in [0.2, 0.25) is 0 Å². The van der Waals surface area contributed by atoms with Crippen LogP contribution in [-0.4, -0.2) is 98.3 Å². The molecule has 0 heterocycles. The van der Waals surface area contributed by atoms with Gasteiger partial charge in [0.1, 0.15) is 43.2 Å². The average molecular weight is 809 g/mol. The molecule has 6 N–H and O–H groups in total. The van der Waals surface area contributed by atoms with Gasteiger partial charge in [0.25, 0.3) is 0 Å². The summed E-state index contributed by atoms with van der Waals surface area (Å²) in [5.41, 5.74) is 0. The number of esters is 2. The maximum absolute atomic E-state index is 12.7. The second-order valence-electron chi connectivity index (χ2n) is 15.2. The third kappa shape index (κ3) is 25.5. The molecule has 0 aromatic heterocycles. The number of aliphatic hydroxyl groups excluding tert-OH is 5. The van der Waals surface area contributed by atoms with E-state index in [1.165, 1.54) is 83.5 Å². The zero-order chi connectivity index (χ0) is 40.7. The van der Waals surface area contributed by atoms with Gasteiger partial charge in [-0.1, -0.05) is 142 Å². The number of hydrogen-bond donors (Lipinski definition) is 6. The highest BCUT2D eigenvalue weighted by molar-refractivity contribution is 7.47. The summed E-state index contributed by atoms with van der Waals surface area (Å²) in [6.45, 7) is 3.18. The first-order chi connectivity index (χ1) is 26.4. The third-order valence-electron chi connectivity index (χ3n) is 10.1. The van der Waals surface area contributed by atoms with Crippen molar-refractivity contribution < 1.29 is 63.1 Å². The van der Waals surface area contributed by atoms with E-state index < -0.39 is 75.7 Å². The minimum Gasteiger partial charge on any atom is -0.462 e. The molecule has 55 heavy (non-hydrogen) atoms. The number of carbonyl (C=O) groups excluding carboxylic acids is 2. The number of allylic oxidation sites excluding steroid dienone is 2. The molecular weight excluding hydrogens is 731 g/mol. The van der Waals surface area contributed by atoms with Crippen molar-refractivity contribution in [2.75, 3.05) is 13.2 Å². The maximum Gasteiger partial charge on any atom is 0.472 e. The Balaban J connectivity index is 2.34. The van der Waals surface area contributed by atoms with Crippen molar-refractivity contribution in [2.24, 2.45) is 0 Å². The van der Waals surface area contributed by atoms with E-state index in [0.29, 0.717) is 12.8 Å². The first-order valence-electron chi connectivity index (χ1n) is 21.5. The molecule has 1 aliphatic carbocycles. The molecule has 1 aliphatic rings. The number of rotatable bonds is 35. The lowest BCUT2D eigenvalue weighted by atomic mass is 9.85. The van der Waals surface area contributed by atoms with E-state index >= 15 is 0 Å². The molecule has 6 unspecified atom stereocenters. The summed E-state index contributed by atoms with van der Waals surface area (Å²) in [4.78, 5) is 35.3. The van der Waals surface area contributed by atoms with Crippen molar-refractivity contribution in [1.29, 1.82) is 0 Å². The molecule has 0 spiro atoms. The fourth-order valence-corrected chi connectivity index (χ4v) is 7.55. The first kappa shape index (κ1) is 51.6. The standard InChI is InChI=1S/C41H77O13P/c1-3-5-7-9-10-11-12-13-14-15-16-17-18-19-20-21-22-23-24-26-28-30-35(43)53-33(31-51-34(42)29-27-25-8-6-4-2)32-52-55(49,50)54-41-39(47)37(45)36(44)38(46)40(41)48/h15-16,33,36-41,44-48H,3-14,17-32H2,1-2H3,(H,49,50)/b16-15-. The lowest BCUT2D eigenvalue weighted by molar-refractivity contribution is -0.220. The van der Waals surface area contributed by atoms with Gasteiger partial charge in [-0.2, -0.15) is 0 Å². The molecule has 6 atom stereocenters. The summed E-state index contributed by atoms with van der Waals surface area (Å²) < 4.78 is 33.2. The van der Waals surface area contributed by atoms with E-state index in [-0.39, 0.29) is 12.8 Å². The summed E-state index contributed by atoms with van der Waals surface area (Å²) in [7, 11) is -5.10. The fraction of sp³-hybridized carbons (Fsp3) is 0.902. The molecule has 0 saturated heterocycles. The van der Waals surface area contributed by atoms with Crippen molar-refractivity contribution in [3.63, 3.8) is 0 Å². The summed E-state index contributed by atoms with van der Waals surface area (Å²) in [5, 5.41) is 49.9. The van der Waals surface area contributed by atoms with Crippen LogP contribution in [0, 0.1) is 0 Å². The van der Waals surface area contributed by atoms with Gasteiger partial charge in [-0.25, -0.2) is 4.57 Å². The van der Waals surface area contributed by atoms with Crippen LogP contribution in [-0.2, 0) is 32.7 Å². The van der Waals surface area contributed by atoms with Crippen molar-refractivity contribution in [3.05, 3.63) is 12.2 Å². The summed E-state index contributed by atoms with van der Waals surface area (Å²) in [6, 6.07) is 0. The molecule has 1 fully saturated rings. The molecule has 0 aromatic carbocycles. The number of hydrogen-bond acceptors (Lipinski definition) is 12. The van der Waals surface area contributed by atoms with E-state index in [1.54, 1.807) is 0 Å². The minimum atomic E-state index is -5.10. The van der Waals surface area contributed by atoms with Gasteiger partial charge >= 0.3 is 19.8 Å². The Labute approximate surface area is 331 Å². The number of unbranched alkanes of at least 4 members (excludes halogenated alkanes) is 21.